The molecular weight excluding hydrogens is 362 g/mol. The van der Waals surface area contributed by atoms with Crippen LogP contribution in [-0.2, 0) is 15.0 Å². The Morgan fingerprint density at radius 3 is 2.26 bits per heavy atom. The SMILES string of the molecule is Cc1cc(C)cc(NC(=O)[C@H]2CCCN(S(=O)(=O)N3CCC(C)CC3)C2)c1. The van der Waals surface area contributed by atoms with E-state index in [9.17, 15) is 13.2 Å². The van der Waals surface area contributed by atoms with Crippen molar-refractivity contribution in [2.24, 2.45) is 11.8 Å². The molecule has 0 aliphatic carbocycles. The van der Waals surface area contributed by atoms with Gasteiger partial charge in [-0.2, -0.15) is 17.0 Å². The molecule has 0 radical (unpaired) electrons. The second kappa shape index (κ2) is 8.29. The van der Waals surface area contributed by atoms with Gasteiger partial charge >= 0.3 is 0 Å². The number of rotatable bonds is 4. The van der Waals surface area contributed by atoms with Crippen LogP contribution >= 0.6 is 0 Å². The minimum atomic E-state index is -3.47. The number of amides is 1. The van der Waals surface area contributed by atoms with Gasteiger partial charge in [-0.05, 0) is 68.7 Å². The van der Waals surface area contributed by atoms with Crippen molar-refractivity contribution in [3.63, 3.8) is 0 Å². The highest BCUT2D eigenvalue weighted by Crippen LogP contribution is 2.26. The topological polar surface area (TPSA) is 69.7 Å². The summed E-state index contributed by atoms with van der Waals surface area (Å²) in [5.74, 6) is 0.180. The molecule has 2 heterocycles. The van der Waals surface area contributed by atoms with Crippen molar-refractivity contribution < 1.29 is 13.2 Å². The second-order valence-electron chi connectivity index (χ2n) is 8.15. The van der Waals surface area contributed by atoms with E-state index >= 15 is 0 Å². The maximum Gasteiger partial charge on any atom is 0.281 e. The molecule has 0 bridgehead atoms. The highest BCUT2D eigenvalue weighted by Gasteiger charge is 2.37. The Morgan fingerprint density at radius 2 is 1.63 bits per heavy atom. The van der Waals surface area contributed by atoms with Gasteiger partial charge in [0.1, 0.15) is 0 Å². The lowest BCUT2D eigenvalue weighted by Crippen LogP contribution is -2.51. The molecule has 2 aliphatic rings. The fraction of sp³-hybridized carbons (Fsp3) is 0.650. The third-order valence-corrected chi connectivity index (χ3v) is 7.64. The van der Waals surface area contributed by atoms with Crippen LogP contribution in [0.1, 0.15) is 43.7 Å². The largest absolute Gasteiger partial charge is 0.326 e. The molecule has 1 atom stereocenters. The van der Waals surface area contributed by atoms with Crippen molar-refractivity contribution in [3.8, 4) is 0 Å². The van der Waals surface area contributed by atoms with Crippen molar-refractivity contribution in [2.75, 3.05) is 31.5 Å². The first-order valence-corrected chi connectivity index (χ1v) is 11.3. The lowest BCUT2D eigenvalue weighted by molar-refractivity contribution is -0.120. The molecule has 2 aliphatic heterocycles. The Balaban J connectivity index is 1.65. The molecule has 0 saturated carbocycles. The van der Waals surface area contributed by atoms with E-state index in [0.717, 1.165) is 36.1 Å². The Hall–Kier alpha value is -1.44. The second-order valence-corrected chi connectivity index (χ2v) is 10.1. The normalized spacial score (nSPS) is 23.3. The van der Waals surface area contributed by atoms with Gasteiger partial charge in [-0.3, -0.25) is 4.79 Å². The Labute approximate surface area is 163 Å². The maximum absolute atomic E-state index is 13.0. The quantitative estimate of drug-likeness (QED) is 0.855. The number of aryl methyl sites for hydroxylation is 2. The lowest BCUT2D eigenvalue weighted by atomic mass is 9.98. The molecule has 6 nitrogen and oxygen atoms in total. The van der Waals surface area contributed by atoms with Crippen LogP contribution < -0.4 is 5.32 Å². The molecule has 1 amide bonds. The molecule has 0 spiro atoms. The van der Waals surface area contributed by atoms with E-state index in [1.807, 2.05) is 26.0 Å². The molecular formula is C20H31N3O3S. The summed E-state index contributed by atoms with van der Waals surface area (Å²) in [7, 11) is -3.47. The predicted molar refractivity (Wildman–Crippen MR) is 108 cm³/mol. The maximum atomic E-state index is 13.0. The number of carbonyl (C=O) groups excluding carboxylic acids is 1. The summed E-state index contributed by atoms with van der Waals surface area (Å²) in [6, 6.07) is 5.94. The molecule has 3 rings (SSSR count). The minimum Gasteiger partial charge on any atom is -0.326 e. The van der Waals surface area contributed by atoms with Crippen molar-refractivity contribution in [1.29, 1.82) is 0 Å². The lowest BCUT2D eigenvalue weighted by Gasteiger charge is -2.37. The molecule has 0 unspecified atom stereocenters. The average molecular weight is 394 g/mol. The number of nitrogens with zero attached hydrogens (tertiary/aromatic N) is 2. The van der Waals surface area contributed by atoms with Crippen LogP contribution in [0.3, 0.4) is 0 Å². The fourth-order valence-electron chi connectivity index (χ4n) is 4.04. The molecule has 150 valence electrons. The first-order chi connectivity index (χ1) is 12.8. The summed E-state index contributed by atoms with van der Waals surface area (Å²) in [6.07, 6.45) is 3.25. The van der Waals surface area contributed by atoms with Gasteiger partial charge in [0.05, 0.1) is 5.92 Å². The number of anilines is 1. The van der Waals surface area contributed by atoms with Crippen LogP contribution in [0, 0.1) is 25.7 Å². The van der Waals surface area contributed by atoms with Crippen molar-refractivity contribution in [3.05, 3.63) is 29.3 Å². The van der Waals surface area contributed by atoms with Gasteiger partial charge in [0.15, 0.2) is 0 Å². The highest BCUT2D eigenvalue weighted by molar-refractivity contribution is 7.86. The third-order valence-electron chi connectivity index (χ3n) is 5.64. The van der Waals surface area contributed by atoms with E-state index in [1.54, 1.807) is 4.31 Å². The van der Waals surface area contributed by atoms with Gasteiger partial charge in [0, 0.05) is 31.9 Å². The summed E-state index contributed by atoms with van der Waals surface area (Å²) in [5.41, 5.74) is 2.97. The zero-order valence-electron chi connectivity index (χ0n) is 16.6. The van der Waals surface area contributed by atoms with E-state index in [2.05, 4.69) is 18.3 Å². The number of piperidine rings is 2. The number of carbonyl (C=O) groups is 1. The van der Waals surface area contributed by atoms with Crippen LogP contribution in [0.4, 0.5) is 5.69 Å². The van der Waals surface area contributed by atoms with Crippen LogP contribution in [0.2, 0.25) is 0 Å². The van der Waals surface area contributed by atoms with E-state index in [1.165, 1.54) is 4.31 Å². The summed E-state index contributed by atoms with van der Waals surface area (Å²) < 4.78 is 29.1. The summed E-state index contributed by atoms with van der Waals surface area (Å²) in [6.45, 7) is 8.10. The Kier molecular flexibility index (Phi) is 6.23. The molecule has 0 aromatic heterocycles. The van der Waals surface area contributed by atoms with Crippen molar-refractivity contribution in [2.45, 2.75) is 46.5 Å². The van der Waals surface area contributed by atoms with E-state index < -0.39 is 10.2 Å². The fourth-order valence-corrected chi connectivity index (χ4v) is 5.76. The van der Waals surface area contributed by atoms with Crippen LogP contribution in [0.25, 0.3) is 0 Å². The highest BCUT2D eigenvalue weighted by atomic mass is 32.2. The molecule has 1 N–H and O–H groups in total. The average Bonchev–Trinajstić information content (AvgIpc) is 2.61. The Bertz CT molecular complexity index is 765. The van der Waals surface area contributed by atoms with Gasteiger partial charge in [-0.25, -0.2) is 0 Å². The predicted octanol–water partition coefficient (Wildman–Crippen LogP) is 2.93. The number of benzene rings is 1. The van der Waals surface area contributed by atoms with Gasteiger partial charge in [-0.15, -0.1) is 0 Å². The molecule has 2 fully saturated rings. The van der Waals surface area contributed by atoms with Crippen molar-refractivity contribution >= 4 is 21.8 Å². The molecule has 1 aromatic carbocycles. The number of nitrogens with one attached hydrogen (secondary N) is 1. The monoisotopic (exact) mass is 393 g/mol. The number of hydrogen-bond donors (Lipinski definition) is 1. The van der Waals surface area contributed by atoms with E-state index in [4.69, 9.17) is 0 Å². The first-order valence-electron chi connectivity index (χ1n) is 9.90. The van der Waals surface area contributed by atoms with Gasteiger partial charge in [0.25, 0.3) is 10.2 Å². The van der Waals surface area contributed by atoms with E-state index in [-0.39, 0.29) is 18.4 Å². The minimum absolute atomic E-state index is 0.0906. The van der Waals surface area contributed by atoms with Crippen molar-refractivity contribution in [1.82, 2.24) is 8.61 Å². The summed E-state index contributed by atoms with van der Waals surface area (Å²) in [4.78, 5) is 12.7. The van der Waals surface area contributed by atoms with Crippen LogP contribution in [0.15, 0.2) is 18.2 Å². The molecule has 27 heavy (non-hydrogen) atoms. The molecule has 1 aromatic rings. The standard InChI is InChI=1S/C20H31N3O3S/c1-15-6-9-22(10-7-15)27(25,26)23-8-4-5-18(14-23)20(24)21-19-12-16(2)11-17(3)13-19/h11-13,15,18H,4-10,14H2,1-3H3,(H,21,24)/t18-/m0/s1. The third kappa shape index (κ3) is 4.89. The molecule has 2 saturated heterocycles. The summed E-state index contributed by atoms with van der Waals surface area (Å²) >= 11 is 0. The smallest absolute Gasteiger partial charge is 0.281 e. The number of hydrogen-bond acceptors (Lipinski definition) is 3. The van der Waals surface area contributed by atoms with E-state index in [0.29, 0.717) is 32.0 Å². The Morgan fingerprint density at radius 1 is 1.00 bits per heavy atom. The van der Waals surface area contributed by atoms with Gasteiger partial charge in [-0.1, -0.05) is 13.0 Å². The van der Waals surface area contributed by atoms with Gasteiger partial charge in [0.2, 0.25) is 5.91 Å². The zero-order chi connectivity index (χ0) is 19.6. The first kappa shape index (κ1) is 20.3. The van der Waals surface area contributed by atoms with Crippen LogP contribution in [0.5, 0.6) is 0 Å². The van der Waals surface area contributed by atoms with Gasteiger partial charge < -0.3 is 5.32 Å². The summed E-state index contributed by atoms with van der Waals surface area (Å²) in [5, 5.41) is 2.98. The molecule has 7 heteroatoms. The zero-order valence-corrected chi connectivity index (χ0v) is 17.4. The van der Waals surface area contributed by atoms with Crippen LogP contribution in [-0.4, -0.2) is 49.1 Å².